The molecular formula is C17H16O4S. The second kappa shape index (κ2) is 6.58. The van der Waals surface area contributed by atoms with E-state index in [0.29, 0.717) is 11.1 Å². The molecule has 0 spiro atoms. The van der Waals surface area contributed by atoms with E-state index in [1.807, 2.05) is 6.92 Å². The van der Waals surface area contributed by atoms with Gasteiger partial charge >= 0.3 is 5.97 Å². The van der Waals surface area contributed by atoms with Crippen LogP contribution in [0.2, 0.25) is 0 Å². The zero-order chi connectivity index (χ0) is 16.2. The predicted octanol–water partition coefficient (Wildman–Crippen LogP) is 3.23. The summed E-state index contributed by atoms with van der Waals surface area (Å²) in [5.74, 6) is -0.428. The first-order valence-corrected chi connectivity index (χ1v) is 8.15. The molecule has 0 aliphatic heterocycles. The van der Waals surface area contributed by atoms with E-state index in [1.54, 1.807) is 48.5 Å². The minimum absolute atomic E-state index is 0.250. The molecule has 0 aromatic heterocycles. The highest BCUT2D eigenvalue weighted by Gasteiger charge is 2.09. The molecule has 0 radical (unpaired) electrons. The van der Waals surface area contributed by atoms with E-state index in [-0.39, 0.29) is 4.90 Å². The van der Waals surface area contributed by atoms with Crippen LogP contribution < -0.4 is 0 Å². The summed E-state index contributed by atoms with van der Waals surface area (Å²) in [6.07, 6.45) is 1.50. The van der Waals surface area contributed by atoms with Crippen LogP contribution in [0.5, 0.6) is 0 Å². The van der Waals surface area contributed by atoms with Gasteiger partial charge in [0.05, 0.1) is 17.6 Å². The Bertz CT molecular complexity index is 786. The molecule has 4 nitrogen and oxygen atoms in total. The van der Waals surface area contributed by atoms with E-state index < -0.39 is 15.8 Å². The molecule has 0 amide bonds. The molecule has 0 saturated carbocycles. The van der Waals surface area contributed by atoms with Gasteiger partial charge in [-0.25, -0.2) is 13.2 Å². The molecule has 2 rings (SSSR count). The summed E-state index contributed by atoms with van der Waals surface area (Å²) in [6.45, 7) is 1.90. The van der Waals surface area contributed by atoms with Crippen LogP contribution in [-0.2, 0) is 14.6 Å². The quantitative estimate of drug-likeness (QED) is 0.813. The minimum atomic E-state index is -3.48. The van der Waals surface area contributed by atoms with Crippen molar-refractivity contribution in [3.63, 3.8) is 0 Å². The molecule has 0 aliphatic carbocycles. The van der Waals surface area contributed by atoms with Gasteiger partial charge in [0.2, 0.25) is 0 Å². The maximum absolute atomic E-state index is 12.2. The molecule has 2 aromatic rings. The summed E-state index contributed by atoms with van der Waals surface area (Å²) >= 11 is 0. The van der Waals surface area contributed by atoms with E-state index in [9.17, 15) is 13.2 Å². The Hall–Kier alpha value is -2.40. The first kappa shape index (κ1) is 16.0. The summed E-state index contributed by atoms with van der Waals surface area (Å²) in [4.78, 5) is 11.6. The second-order valence-electron chi connectivity index (χ2n) is 4.77. The van der Waals surface area contributed by atoms with Crippen molar-refractivity contribution in [3.8, 4) is 0 Å². The molecule has 114 valence electrons. The Morgan fingerprint density at radius 3 is 2.14 bits per heavy atom. The zero-order valence-corrected chi connectivity index (χ0v) is 13.1. The topological polar surface area (TPSA) is 60.4 Å². The van der Waals surface area contributed by atoms with E-state index in [1.165, 1.54) is 13.2 Å². The molecule has 22 heavy (non-hydrogen) atoms. The fourth-order valence-corrected chi connectivity index (χ4v) is 2.83. The molecule has 5 heteroatoms. The number of ether oxygens (including phenoxy) is 1. The van der Waals surface area contributed by atoms with Gasteiger partial charge in [0.1, 0.15) is 0 Å². The molecule has 0 unspecified atom stereocenters. The van der Waals surface area contributed by atoms with Crippen molar-refractivity contribution in [2.24, 2.45) is 0 Å². The summed E-state index contributed by atoms with van der Waals surface area (Å²) in [6, 6.07) is 13.2. The Morgan fingerprint density at radius 1 is 1.00 bits per heavy atom. The lowest BCUT2D eigenvalue weighted by molar-refractivity contribution is 0.0600. The van der Waals surface area contributed by atoms with Crippen molar-refractivity contribution in [2.45, 2.75) is 11.8 Å². The number of rotatable bonds is 4. The molecule has 0 atom stereocenters. The number of carbonyl (C=O) groups is 1. The largest absolute Gasteiger partial charge is 0.465 e. The van der Waals surface area contributed by atoms with Gasteiger partial charge < -0.3 is 4.74 Å². The van der Waals surface area contributed by atoms with Crippen LogP contribution in [0.15, 0.2) is 58.8 Å². The van der Waals surface area contributed by atoms with Crippen LogP contribution in [0.25, 0.3) is 6.08 Å². The lowest BCUT2D eigenvalue weighted by Gasteiger charge is -2.01. The van der Waals surface area contributed by atoms with Crippen molar-refractivity contribution >= 4 is 21.9 Å². The number of methoxy groups -OCH3 is 1. The third-order valence-electron chi connectivity index (χ3n) is 3.12. The first-order chi connectivity index (χ1) is 10.4. The highest BCUT2D eigenvalue weighted by molar-refractivity contribution is 7.94. The van der Waals surface area contributed by atoms with E-state index in [0.717, 1.165) is 11.0 Å². The maximum atomic E-state index is 12.2. The van der Waals surface area contributed by atoms with Gasteiger partial charge in [-0.1, -0.05) is 29.8 Å². The van der Waals surface area contributed by atoms with Crippen molar-refractivity contribution < 1.29 is 17.9 Å². The average molecular weight is 316 g/mol. The Labute approximate surface area is 130 Å². The third kappa shape index (κ3) is 3.83. The molecule has 0 heterocycles. The molecule has 0 saturated heterocycles. The third-order valence-corrected chi connectivity index (χ3v) is 4.54. The summed E-state index contributed by atoms with van der Waals surface area (Å²) in [5.41, 5.74) is 2.10. The van der Waals surface area contributed by atoms with Crippen LogP contribution in [-0.4, -0.2) is 21.5 Å². The van der Waals surface area contributed by atoms with E-state index >= 15 is 0 Å². The predicted molar refractivity (Wildman–Crippen MR) is 85.2 cm³/mol. The fourth-order valence-electron chi connectivity index (χ4n) is 1.82. The number of aryl methyl sites for hydroxylation is 1. The highest BCUT2D eigenvalue weighted by Crippen LogP contribution is 2.15. The summed E-state index contributed by atoms with van der Waals surface area (Å²) in [7, 11) is -2.17. The Kier molecular flexibility index (Phi) is 4.78. The van der Waals surface area contributed by atoms with Crippen LogP contribution >= 0.6 is 0 Å². The molecule has 0 fully saturated rings. The normalized spacial score (nSPS) is 11.5. The molecule has 0 N–H and O–H groups in total. The SMILES string of the molecule is COC(=O)c1ccc(/C=C/S(=O)(=O)c2ccc(C)cc2)cc1. The number of hydrogen-bond acceptors (Lipinski definition) is 4. The first-order valence-electron chi connectivity index (χ1n) is 6.60. The second-order valence-corrected chi connectivity index (χ2v) is 6.61. The van der Waals surface area contributed by atoms with Crippen molar-refractivity contribution in [3.05, 3.63) is 70.6 Å². The number of benzene rings is 2. The highest BCUT2D eigenvalue weighted by atomic mass is 32.2. The molecular weight excluding hydrogens is 300 g/mol. The van der Waals surface area contributed by atoms with Crippen LogP contribution in [0.3, 0.4) is 0 Å². The summed E-state index contributed by atoms with van der Waals surface area (Å²) < 4.78 is 29.0. The zero-order valence-electron chi connectivity index (χ0n) is 12.3. The lowest BCUT2D eigenvalue weighted by atomic mass is 10.1. The fraction of sp³-hybridized carbons (Fsp3) is 0.118. The van der Waals surface area contributed by atoms with Gasteiger partial charge in [-0.05, 0) is 42.8 Å². The summed E-state index contributed by atoms with van der Waals surface area (Å²) in [5, 5.41) is 1.16. The van der Waals surface area contributed by atoms with Gasteiger partial charge in [-0.3, -0.25) is 0 Å². The number of carbonyl (C=O) groups excluding carboxylic acids is 1. The van der Waals surface area contributed by atoms with Crippen molar-refractivity contribution in [1.29, 1.82) is 0 Å². The lowest BCUT2D eigenvalue weighted by Crippen LogP contribution is -2.00. The Balaban J connectivity index is 2.20. The smallest absolute Gasteiger partial charge is 0.337 e. The number of hydrogen-bond donors (Lipinski definition) is 0. The van der Waals surface area contributed by atoms with E-state index in [2.05, 4.69) is 4.74 Å². The van der Waals surface area contributed by atoms with Gasteiger partial charge in [0.15, 0.2) is 9.84 Å². The van der Waals surface area contributed by atoms with Crippen LogP contribution in [0.1, 0.15) is 21.5 Å². The number of esters is 1. The van der Waals surface area contributed by atoms with Gasteiger partial charge in [-0.15, -0.1) is 0 Å². The molecule has 0 aliphatic rings. The van der Waals surface area contributed by atoms with Crippen molar-refractivity contribution in [1.82, 2.24) is 0 Å². The molecule has 2 aromatic carbocycles. The van der Waals surface area contributed by atoms with E-state index in [4.69, 9.17) is 0 Å². The average Bonchev–Trinajstić information content (AvgIpc) is 2.53. The van der Waals surface area contributed by atoms with Gasteiger partial charge in [0.25, 0.3) is 0 Å². The standard InChI is InChI=1S/C17H16O4S/c1-13-3-9-16(10-4-13)22(19,20)12-11-14-5-7-15(8-6-14)17(18)21-2/h3-12H,1-2H3/b12-11+. The van der Waals surface area contributed by atoms with Crippen LogP contribution in [0.4, 0.5) is 0 Å². The van der Waals surface area contributed by atoms with Crippen LogP contribution in [0, 0.1) is 6.92 Å². The van der Waals surface area contributed by atoms with Crippen molar-refractivity contribution in [2.75, 3.05) is 7.11 Å². The monoisotopic (exact) mass is 316 g/mol. The van der Waals surface area contributed by atoms with Gasteiger partial charge in [0, 0.05) is 5.41 Å². The maximum Gasteiger partial charge on any atom is 0.337 e. The van der Waals surface area contributed by atoms with Gasteiger partial charge in [-0.2, -0.15) is 0 Å². The Morgan fingerprint density at radius 2 is 1.59 bits per heavy atom. The minimum Gasteiger partial charge on any atom is -0.465 e. The number of sulfone groups is 1. The molecule has 0 bridgehead atoms.